The van der Waals surface area contributed by atoms with Crippen molar-refractivity contribution >= 4 is 33.4 Å². The van der Waals surface area contributed by atoms with E-state index in [1.807, 2.05) is 12.3 Å². The Labute approximate surface area is 174 Å². The van der Waals surface area contributed by atoms with Crippen LogP contribution < -0.4 is 11.2 Å². The number of nitrogens with zero attached hydrogens (tertiary/aromatic N) is 2. The van der Waals surface area contributed by atoms with Gasteiger partial charge in [-0.3, -0.25) is 19.6 Å². The number of pyridine rings is 1. The van der Waals surface area contributed by atoms with Crippen LogP contribution in [0.25, 0.3) is 27.5 Å². The minimum atomic E-state index is -0.668. The van der Waals surface area contributed by atoms with Crippen molar-refractivity contribution in [3.05, 3.63) is 80.0 Å². The molecule has 5 rings (SSSR count). The fraction of sp³-hybridized carbons (Fsp3) is 0.182. The van der Waals surface area contributed by atoms with Crippen molar-refractivity contribution < 1.29 is 9.18 Å². The maximum atomic E-state index is 13.4. The molecule has 0 fully saturated rings. The number of fused-ring (bicyclic) bond motifs is 2. The number of aryl methyl sites for hydroxylation is 1. The van der Waals surface area contributed by atoms with Crippen molar-refractivity contribution in [1.29, 1.82) is 0 Å². The Morgan fingerprint density at radius 1 is 1.19 bits per heavy atom. The van der Waals surface area contributed by atoms with Crippen LogP contribution in [0.15, 0.2) is 46.1 Å². The lowest BCUT2D eigenvalue weighted by atomic mass is 9.98. The van der Waals surface area contributed by atoms with Crippen molar-refractivity contribution in [2.45, 2.75) is 13.3 Å². The number of H-pyrrole nitrogens is 3. The van der Waals surface area contributed by atoms with Crippen LogP contribution in [0.2, 0.25) is 0 Å². The van der Waals surface area contributed by atoms with Crippen LogP contribution in [-0.4, -0.2) is 43.8 Å². The summed E-state index contributed by atoms with van der Waals surface area (Å²) in [5.41, 5.74) is 2.44. The van der Waals surface area contributed by atoms with Crippen LogP contribution in [0.5, 0.6) is 0 Å². The van der Waals surface area contributed by atoms with E-state index in [-0.39, 0.29) is 28.5 Å². The third-order valence-electron chi connectivity index (χ3n) is 5.61. The zero-order valence-electron chi connectivity index (χ0n) is 16.6. The largest absolute Gasteiger partial charge is 0.360 e. The van der Waals surface area contributed by atoms with E-state index in [1.165, 1.54) is 12.1 Å². The fourth-order valence-corrected chi connectivity index (χ4v) is 4.09. The minimum Gasteiger partial charge on any atom is -0.360 e. The maximum Gasteiger partial charge on any atom is 0.327 e. The van der Waals surface area contributed by atoms with Gasteiger partial charge in [-0.15, -0.1) is 0 Å². The zero-order chi connectivity index (χ0) is 21.7. The molecule has 1 aliphatic heterocycles. The molecule has 4 heterocycles. The molecule has 156 valence electrons. The maximum absolute atomic E-state index is 13.4. The van der Waals surface area contributed by atoms with E-state index >= 15 is 0 Å². The molecule has 8 nitrogen and oxygen atoms in total. The van der Waals surface area contributed by atoms with Crippen LogP contribution in [0.3, 0.4) is 0 Å². The predicted octanol–water partition coefficient (Wildman–Crippen LogP) is 2.47. The number of rotatable bonds is 2. The highest BCUT2D eigenvalue weighted by atomic mass is 19.1. The van der Waals surface area contributed by atoms with Crippen molar-refractivity contribution in [1.82, 2.24) is 24.8 Å². The van der Waals surface area contributed by atoms with Gasteiger partial charge in [-0.25, -0.2) is 14.2 Å². The molecule has 0 unspecified atom stereocenters. The monoisotopic (exact) mass is 419 g/mol. The quantitative estimate of drug-likeness (QED) is 0.463. The summed E-state index contributed by atoms with van der Waals surface area (Å²) in [4.78, 5) is 50.2. The van der Waals surface area contributed by atoms with Crippen LogP contribution >= 0.6 is 0 Å². The van der Waals surface area contributed by atoms with E-state index in [2.05, 4.69) is 19.9 Å². The highest BCUT2D eigenvalue weighted by Gasteiger charge is 2.23. The van der Waals surface area contributed by atoms with E-state index in [4.69, 9.17) is 0 Å². The third-order valence-corrected chi connectivity index (χ3v) is 5.61. The Morgan fingerprint density at radius 2 is 2.03 bits per heavy atom. The molecule has 9 heteroatoms. The molecule has 4 aromatic rings. The molecule has 1 aliphatic rings. The number of carbonyl (C=O) groups excluding carboxylic acids is 1. The molecule has 0 atom stereocenters. The van der Waals surface area contributed by atoms with Crippen LogP contribution in [0, 0.1) is 12.7 Å². The highest BCUT2D eigenvalue weighted by Crippen LogP contribution is 2.30. The van der Waals surface area contributed by atoms with Crippen molar-refractivity contribution in [3.8, 4) is 0 Å². The second-order valence-corrected chi connectivity index (χ2v) is 7.58. The molecule has 0 saturated heterocycles. The van der Waals surface area contributed by atoms with E-state index in [0.29, 0.717) is 25.1 Å². The van der Waals surface area contributed by atoms with Gasteiger partial charge in [0.2, 0.25) is 0 Å². The second kappa shape index (κ2) is 7.05. The molecular weight excluding hydrogens is 401 g/mol. The summed E-state index contributed by atoms with van der Waals surface area (Å²) in [7, 11) is 0. The van der Waals surface area contributed by atoms with Crippen LogP contribution in [0.1, 0.15) is 28.0 Å². The number of amides is 1. The van der Waals surface area contributed by atoms with Crippen molar-refractivity contribution in [3.63, 3.8) is 0 Å². The van der Waals surface area contributed by atoms with Gasteiger partial charge in [0.15, 0.2) is 0 Å². The summed E-state index contributed by atoms with van der Waals surface area (Å²) >= 11 is 0. The predicted molar refractivity (Wildman–Crippen MR) is 114 cm³/mol. The molecular formula is C22H18FN5O3. The lowest BCUT2D eigenvalue weighted by Crippen LogP contribution is -2.35. The summed E-state index contributed by atoms with van der Waals surface area (Å²) < 4.78 is 13.4. The van der Waals surface area contributed by atoms with Crippen molar-refractivity contribution in [2.75, 3.05) is 13.1 Å². The molecule has 0 spiro atoms. The number of aromatic amines is 3. The molecule has 1 aromatic carbocycles. The van der Waals surface area contributed by atoms with Gasteiger partial charge in [-0.05, 0) is 48.7 Å². The number of nitrogens with one attached hydrogen (secondary N) is 3. The zero-order valence-corrected chi connectivity index (χ0v) is 16.6. The Kier molecular flexibility index (Phi) is 4.32. The Hall–Kier alpha value is -4.01. The standard InChI is InChI=1S/C22H18FN5O3/c1-11-8-17(25-19-18(11)20(29)27-22(31)26-19)21(30)28-6-4-12(5-7-28)15-10-24-16-9-13(23)2-3-14(15)16/h2-4,8-10,24H,5-7H2,1H3,(H2,25,26,27,29,31). The van der Waals surface area contributed by atoms with Crippen LogP contribution in [-0.2, 0) is 0 Å². The second-order valence-electron chi connectivity index (χ2n) is 7.58. The van der Waals surface area contributed by atoms with E-state index < -0.39 is 11.2 Å². The third kappa shape index (κ3) is 3.24. The number of hydrogen-bond donors (Lipinski definition) is 3. The first-order valence-corrected chi connectivity index (χ1v) is 9.80. The first kappa shape index (κ1) is 19.0. The van der Waals surface area contributed by atoms with Crippen molar-refractivity contribution in [2.24, 2.45) is 0 Å². The number of benzene rings is 1. The van der Waals surface area contributed by atoms with Gasteiger partial charge in [0.05, 0.1) is 5.39 Å². The number of aromatic nitrogens is 4. The van der Waals surface area contributed by atoms with Gasteiger partial charge in [-0.1, -0.05) is 6.08 Å². The van der Waals surface area contributed by atoms with Gasteiger partial charge in [-0.2, -0.15) is 0 Å². The molecule has 31 heavy (non-hydrogen) atoms. The number of carbonyl (C=O) groups is 1. The molecule has 1 amide bonds. The first-order chi connectivity index (χ1) is 14.9. The average Bonchev–Trinajstić information content (AvgIpc) is 3.15. The summed E-state index contributed by atoms with van der Waals surface area (Å²) in [5, 5.41) is 1.20. The summed E-state index contributed by atoms with van der Waals surface area (Å²) in [6, 6.07) is 6.20. The first-order valence-electron chi connectivity index (χ1n) is 9.80. The molecule has 3 aromatic heterocycles. The molecule has 0 saturated carbocycles. The Morgan fingerprint density at radius 3 is 2.81 bits per heavy atom. The minimum absolute atomic E-state index is 0.0939. The fourth-order valence-electron chi connectivity index (χ4n) is 4.09. The normalized spacial score (nSPS) is 14.3. The van der Waals surface area contributed by atoms with Gasteiger partial charge in [0.25, 0.3) is 11.5 Å². The Balaban J connectivity index is 1.43. The smallest absolute Gasteiger partial charge is 0.327 e. The molecule has 0 radical (unpaired) electrons. The molecule has 0 bridgehead atoms. The Bertz CT molecular complexity index is 1510. The summed E-state index contributed by atoms with van der Waals surface area (Å²) in [5.74, 6) is -0.570. The van der Waals surface area contributed by atoms with Gasteiger partial charge in [0.1, 0.15) is 17.2 Å². The van der Waals surface area contributed by atoms with E-state index in [0.717, 1.165) is 22.0 Å². The lowest BCUT2D eigenvalue weighted by Gasteiger charge is -2.26. The van der Waals surface area contributed by atoms with Gasteiger partial charge in [0, 0.05) is 35.8 Å². The van der Waals surface area contributed by atoms with E-state index in [1.54, 1.807) is 24.0 Å². The molecule has 0 aliphatic carbocycles. The number of halogens is 1. The van der Waals surface area contributed by atoms with Gasteiger partial charge < -0.3 is 9.88 Å². The number of hydrogen-bond acceptors (Lipinski definition) is 4. The van der Waals surface area contributed by atoms with Gasteiger partial charge >= 0.3 is 5.69 Å². The molecule has 3 N–H and O–H groups in total. The summed E-state index contributed by atoms with van der Waals surface area (Å²) in [6.07, 6.45) is 4.47. The summed E-state index contributed by atoms with van der Waals surface area (Å²) in [6.45, 7) is 2.58. The lowest BCUT2D eigenvalue weighted by molar-refractivity contribution is 0.0767. The topological polar surface area (TPSA) is 115 Å². The average molecular weight is 419 g/mol. The van der Waals surface area contributed by atoms with Crippen LogP contribution in [0.4, 0.5) is 4.39 Å². The van der Waals surface area contributed by atoms with E-state index in [9.17, 15) is 18.8 Å². The highest BCUT2D eigenvalue weighted by molar-refractivity contribution is 5.97. The SMILES string of the molecule is Cc1cc(C(=O)N2CC=C(c3c[nH]c4cc(F)ccc34)CC2)nc2[nH]c(=O)[nH]c(=O)c12.